The van der Waals surface area contributed by atoms with Crippen molar-refractivity contribution in [3.05, 3.63) is 126 Å². The molecule has 0 aliphatic heterocycles. The summed E-state index contributed by atoms with van der Waals surface area (Å²) in [5.74, 6) is 0.0731. The molecule has 0 spiro atoms. The average molecular weight is 583 g/mol. The van der Waals surface area contributed by atoms with Crippen LogP contribution in [0, 0.1) is 0 Å². The van der Waals surface area contributed by atoms with Crippen molar-refractivity contribution in [1.82, 2.24) is 24.8 Å². The number of hydrogen-bond acceptors (Lipinski definition) is 7. The van der Waals surface area contributed by atoms with E-state index >= 15 is 0 Å². The first kappa shape index (κ1) is 28.3. The fourth-order valence-corrected chi connectivity index (χ4v) is 5.04. The molecule has 1 amide bonds. The van der Waals surface area contributed by atoms with E-state index in [0.717, 1.165) is 33.6 Å². The number of aromatic nitrogens is 4. The lowest BCUT2D eigenvalue weighted by atomic mass is 10.00. The Morgan fingerprint density at radius 2 is 1.64 bits per heavy atom. The van der Waals surface area contributed by atoms with Gasteiger partial charge in [0.25, 0.3) is 5.91 Å². The number of hydrogen-bond donors (Lipinski definition) is 2. The van der Waals surface area contributed by atoms with Gasteiger partial charge in [0.05, 0.1) is 24.3 Å². The number of carbonyl (C=O) groups excluding carboxylic acids is 2. The number of nitrogens with zero attached hydrogens (tertiary/aromatic N) is 4. The number of benzene rings is 3. The topological polar surface area (TPSA) is 125 Å². The maximum atomic E-state index is 12.8. The Kier molecular flexibility index (Phi) is 7.84. The van der Waals surface area contributed by atoms with Crippen LogP contribution < -0.4 is 11.1 Å². The third kappa shape index (κ3) is 5.63. The summed E-state index contributed by atoms with van der Waals surface area (Å²) < 4.78 is 6.79. The number of imidazole rings is 1. The molecular formula is C35H30N6O3. The largest absolute Gasteiger partial charge is 0.469 e. The van der Waals surface area contributed by atoms with Gasteiger partial charge in [-0.15, -0.1) is 0 Å². The quantitative estimate of drug-likeness (QED) is 0.213. The maximum Gasteiger partial charge on any atom is 0.312 e. The standard InChI is InChI=1S/C35H30N6O3/c1-22(35(43)44-2)24-12-14-26(15-13-24)34(42)38-21-23-10-16-27(17-11-23)41-32(28-9-6-20-37-31(28)36)40-30-19-18-29(39-33(30)41)25-7-4-3-5-8-25/h3-20,22H,21H2,1-2H3,(H2,36,37)(H,38,42). The van der Waals surface area contributed by atoms with Crippen LogP contribution in [0.4, 0.5) is 5.82 Å². The number of esters is 1. The highest BCUT2D eigenvalue weighted by Gasteiger charge is 2.19. The van der Waals surface area contributed by atoms with Gasteiger partial charge in [-0.2, -0.15) is 0 Å². The predicted molar refractivity (Wildman–Crippen MR) is 170 cm³/mol. The van der Waals surface area contributed by atoms with E-state index in [0.29, 0.717) is 35.0 Å². The van der Waals surface area contributed by atoms with Gasteiger partial charge in [-0.1, -0.05) is 54.6 Å². The summed E-state index contributed by atoms with van der Waals surface area (Å²) in [6.07, 6.45) is 1.65. The summed E-state index contributed by atoms with van der Waals surface area (Å²) in [6.45, 7) is 2.10. The van der Waals surface area contributed by atoms with E-state index in [-0.39, 0.29) is 11.9 Å². The average Bonchev–Trinajstić information content (AvgIpc) is 3.46. The van der Waals surface area contributed by atoms with Gasteiger partial charge < -0.3 is 15.8 Å². The SMILES string of the molecule is COC(=O)C(C)c1ccc(C(=O)NCc2ccc(-n3c(-c4cccnc4N)nc4ccc(-c5ccccc5)nc43)cc2)cc1. The molecule has 0 radical (unpaired) electrons. The highest BCUT2D eigenvalue weighted by atomic mass is 16.5. The van der Waals surface area contributed by atoms with Crippen molar-refractivity contribution in [1.29, 1.82) is 0 Å². The van der Waals surface area contributed by atoms with Gasteiger partial charge in [0.15, 0.2) is 11.5 Å². The molecule has 0 bridgehead atoms. The van der Waals surface area contributed by atoms with E-state index in [1.54, 1.807) is 37.4 Å². The minimum atomic E-state index is -0.404. The molecule has 3 N–H and O–H groups in total. The fraction of sp³-hybridized carbons (Fsp3) is 0.114. The molecule has 3 heterocycles. The molecule has 0 aliphatic carbocycles. The van der Waals surface area contributed by atoms with E-state index in [2.05, 4.69) is 10.3 Å². The number of methoxy groups -OCH3 is 1. The van der Waals surface area contributed by atoms with Crippen molar-refractivity contribution in [3.8, 4) is 28.3 Å². The molecule has 6 aromatic rings. The molecule has 1 unspecified atom stereocenters. The highest BCUT2D eigenvalue weighted by molar-refractivity contribution is 5.94. The van der Waals surface area contributed by atoms with Crippen LogP contribution in [0.1, 0.15) is 34.3 Å². The molecule has 44 heavy (non-hydrogen) atoms. The molecule has 3 aromatic carbocycles. The van der Waals surface area contributed by atoms with Crippen molar-refractivity contribution >= 4 is 28.9 Å². The molecule has 9 nitrogen and oxygen atoms in total. The zero-order chi connectivity index (χ0) is 30.6. The molecule has 0 fully saturated rings. The maximum absolute atomic E-state index is 12.8. The van der Waals surface area contributed by atoms with Crippen molar-refractivity contribution in [2.24, 2.45) is 0 Å². The van der Waals surface area contributed by atoms with Crippen LogP contribution in [0.15, 0.2) is 109 Å². The zero-order valence-corrected chi connectivity index (χ0v) is 24.3. The van der Waals surface area contributed by atoms with Gasteiger partial charge in [-0.3, -0.25) is 14.2 Å². The molecule has 0 saturated carbocycles. The highest BCUT2D eigenvalue weighted by Crippen LogP contribution is 2.31. The van der Waals surface area contributed by atoms with Gasteiger partial charge in [-0.25, -0.2) is 15.0 Å². The summed E-state index contributed by atoms with van der Waals surface area (Å²) in [6, 6.07) is 32.5. The molecular weight excluding hydrogens is 552 g/mol. The first-order valence-electron chi connectivity index (χ1n) is 14.1. The number of nitrogens with two attached hydrogens (primary N) is 1. The molecule has 9 heteroatoms. The first-order valence-corrected chi connectivity index (χ1v) is 14.1. The summed E-state index contributed by atoms with van der Waals surface area (Å²) >= 11 is 0. The van der Waals surface area contributed by atoms with Crippen molar-refractivity contribution in [2.45, 2.75) is 19.4 Å². The fourth-order valence-electron chi connectivity index (χ4n) is 5.04. The van der Waals surface area contributed by atoms with Crippen LogP contribution in [0.3, 0.4) is 0 Å². The number of fused-ring (bicyclic) bond motifs is 1. The van der Waals surface area contributed by atoms with Crippen LogP contribution >= 0.6 is 0 Å². The number of rotatable bonds is 8. The number of nitrogens with one attached hydrogen (secondary N) is 1. The lowest BCUT2D eigenvalue weighted by molar-refractivity contribution is -0.141. The van der Waals surface area contributed by atoms with Gasteiger partial charge >= 0.3 is 5.97 Å². The molecule has 0 aliphatic rings. The van der Waals surface area contributed by atoms with Crippen LogP contribution in [0.25, 0.3) is 39.5 Å². The van der Waals surface area contributed by atoms with E-state index in [1.165, 1.54) is 7.11 Å². The monoisotopic (exact) mass is 582 g/mol. The molecule has 1 atom stereocenters. The number of anilines is 1. The smallest absolute Gasteiger partial charge is 0.312 e. The number of ether oxygens (including phenoxy) is 1. The van der Waals surface area contributed by atoms with Crippen molar-refractivity contribution in [3.63, 3.8) is 0 Å². The summed E-state index contributed by atoms with van der Waals surface area (Å²) in [5.41, 5.74) is 13.3. The van der Waals surface area contributed by atoms with Crippen molar-refractivity contribution < 1.29 is 14.3 Å². The first-order chi connectivity index (χ1) is 21.4. The second-order valence-electron chi connectivity index (χ2n) is 10.3. The predicted octanol–water partition coefficient (Wildman–Crippen LogP) is 5.94. The van der Waals surface area contributed by atoms with Crippen LogP contribution in [-0.4, -0.2) is 38.5 Å². The van der Waals surface area contributed by atoms with Gasteiger partial charge in [0.2, 0.25) is 0 Å². The number of nitrogen functional groups attached to an aromatic ring is 1. The van der Waals surface area contributed by atoms with Crippen LogP contribution in [-0.2, 0) is 16.1 Å². The van der Waals surface area contributed by atoms with E-state index < -0.39 is 5.92 Å². The van der Waals surface area contributed by atoms with Crippen molar-refractivity contribution in [2.75, 3.05) is 12.8 Å². The Balaban J connectivity index is 1.27. The Labute approximate surface area is 254 Å². The van der Waals surface area contributed by atoms with Gasteiger partial charge in [0.1, 0.15) is 11.3 Å². The zero-order valence-electron chi connectivity index (χ0n) is 24.3. The number of amides is 1. The Morgan fingerprint density at radius 3 is 2.34 bits per heavy atom. The van der Waals surface area contributed by atoms with E-state index in [9.17, 15) is 9.59 Å². The Hall–Kier alpha value is -5.83. The summed E-state index contributed by atoms with van der Waals surface area (Å²) in [5, 5.41) is 2.97. The lowest BCUT2D eigenvalue weighted by Gasteiger charge is -2.12. The van der Waals surface area contributed by atoms with Crippen LogP contribution in [0.2, 0.25) is 0 Å². The number of carbonyl (C=O) groups is 2. The molecule has 3 aromatic heterocycles. The van der Waals surface area contributed by atoms with E-state index in [4.69, 9.17) is 20.4 Å². The Morgan fingerprint density at radius 1 is 0.886 bits per heavy atom. The minimum absolute atomic E-state index is 0.209. The summed E-state index contributed by atoms with van der Waals surface area (Å²) in [7, 11) is 1.36. The third-order valence-electron chi connectivity index (χ3n) is 7.53. The number of pyridine rings is 2. The van der Waals surface area contributed by atoms with Gasteiger partial charge in [0, 0.05) is 29.6 Å². The molecule has 0 saturated heterocycles. The van der Waals surface area contributed by atoms with Gasteiger partial charge in [-0.05, 0) is 66.6 Å². The molecule has 218 valence electrons. The lowest BCUT2D eigenvalue weighted by Crippen LogP contribution is -2.22. The second-order valence-corrected chi connectivity index (χ2v) is 10.3. The Bertz CT molecular complexity index is 1950. The minimum Gasteiger partial charge on any atom is -0.469 e. The summed E-state index contributed by atoms with van der Waals surface area (Å²) in [4.78, 5) is 38.8. The van der Waals surface area contributed by atoms with Crippen LogP contribution in [0.5, 0.6) is 0 Å². The normalized spacial score (nSPS) is 11.7. The third-order valence-corrected chi connectivity index (χ3v) is 7.53. The van der Waals surface area contributed by atoms with E-state index in [1.807, 2.05) is 83.4 Å². The second kappa shape index (κ2) is 12.2. The molecule has 6 rings (SSSR count).